The second kappa shape index (κ2) is 8.66. The number of pyridine rings is 2. The highest BCUT2D eigenvalue weighted by atomic mass is 127. The van der Waals surface area contributed by atoms with E-state index in [-0.39, 0.29) is 0 Å². The number of fused-ring (bicyclic) bond motifs is 1. The Balaban J connectivity index is 1.53. The molecule has 2 unspecified atom stereocenters. The van der Waals surface area contributed by atoms with Crippen LogP contribution in [0, 0.1) is 12.8 Å². The zero-order valence-electron chi connectivity index (χ0n) is 17.8. The second-order valence-corrected chi connectivity index (χ2v) is 9.68. The number of nitrogens with zero attached hydrogens (tertiary/aromatic N) is 6. The van der Waals surface area contributed by atoms with Gasteiger partial charge in [-0.05, 0) is 49.9 Å². The third-order valence-corrected chi connectivity index (χ3v) is 7.23. The number of halogens is 1. The summed E-state index contributed by atoms with van der Waals surface area (Å²) in [4.78, 5) is 17.6. The molecule has 1 aliphatic carbocycles. The van der Waals surface area contributed by atoms with Crippen molar-refractivity contribution in [3.8, 4) is 22.6 Å². The van der Waals surface area contributed by atoms with Gasteiger partial charge in [0, 0.05) is 46.4 Å². The zero-order chi connectivity index (χ0) is 21.4. The molecule has 0 aromatic carbocycles. The third-order valence-electron chi connectivity index (χ3n) is 6.17. The molecule has 2 atom stereocenters. The summed E-state index contributed by atoms with van der Waals surface area (Å²) >= 11 is 2.48. The number of imidazole rings is 1. The molecule has 4 aromatic rings. The van der Waals surface area contributed by atoms with Gasteiger partial charge in [-0.15, -0.1) is 0 Å². The number of hydrogen-bond acceptors (Lipinski definition) is 5. The monoisotopic (exact) mass is 527 g/mol. The Morgan fingerprint density at radius 1 is 1.16 bits per heavy atom. The van der Waals surface area contributed by atoms with Crippen molar-refractivity contribution in [3.63, 3.8) is 0 Å². The van der Waals surface area contributed by atoms with Crippen LogP contribution in [-0.4, -0.2) is 38.7 Å². The van der Waals surface area contributed by atoms with Gasteiger partial charge in [0.2, 0.25) is 0 Å². The largest absolute Gasteiger partial charge is 0.340 e. The van der Waals surface area contributed by atoms with E-state index < -0.39 is 0 Å². The minimum Gasteiger partial charge on any atom is -0.340 e. The first-order valence-electron chi connectivity index (χ1n) is 10.8. The SMILES string of the molecule is Cc1cccc(-c2nc(CN(I)C3CCCCC3C)[nH]c2-c2ccc3ncnn3c2)n1. The summed E-state index contributed by atoms with van der Waals surface area (Å²) in [6.45, 7) is 5.16. The number of nitrogens with one attached hydrogen (secondary N) is 1. The van der Waals surface area contributed by atoms with E-state index in [0.717, 1.165) is 46.4 Å². The van der Waals surface area contributed by atoms with E-state index >= 15 is 0 Å². The Morgan fingerprint density at radius 2 is 2.03 bits per heavy atom. The first-order valence-corrected chi connectivity index (χ1v) is 11.8. The van der Waals surface area contributed by atoms with Gasteiger partial charge in [0.15, 0.2) is 5.65 Å². The maximum atomic E-state index is 5.02. The van der Waals surface area contributed by atoms with E-state index in [0.29, 0.717) is 12.0 Å². The molecule has 0 spiro atoms. The predicted octanol–water partition coefficient (Wildman–Crippen LogP) is 5.22. The standard InChI is InChI=1S/C23H26IN7/c1-15-6-3-4-9-19(15)30(24)13-20-28-22(17-10-11-21-25-14-26-31(21)12-17)23(29-20)18-8-5-7-16(2)27-18/h5,7-8,10-12,14-15,19H,3-4,6,9,13H2,1-2H3,(H,28,29). The van der Waals surface area contributed by atoms with Crippen LogP contribution in [0.3, 0.4) is 0 Å². The third kappa shape index (κ3) is 4.23. The van der Waals surface area contributed by atoms with Gasteiger partial charge in [-0.25, -0.2) is 17.6 Å². The maximum absolute atomic E-state index is 5.02. The quantitative estimate of drug-likeness (QED) is 0.285. The molecule has 160 valence electrons. The molecule has 31 heavy (non-hydrogen) atoms. The molecule has 1 N–H and O–H groups in total. The van der Waals surface area contributed by atoms with Crippen molar-refractivity contribution in [3.05, 3.63) is 54.4 Å². The summed E-state index contributed by atoms with van der Waals surface area (Å²) in [6, 6.07) is 10.7. The Labute approximate surface area is 195 Å². The van der Waals surface area contributed by atoms with Crippen molar-refractivity contribution in [2.45, 2.75) is 52.1 Å². The van der Waals surface area contributed by atoms with Crippen molar-refractivity contribution < 1.29 is 0 Å². The van der Waals surface area contributed by atoms with E-state index in [2.05, 4.69) is 54.0 Å². The average Bonchev–Trinajstić information content (AvgIpc) is 3.40. The van der Waals surface area contributed by atoms with Crippen molar-refractivity contribution in [1.29, 1.82) is 0 Å². The highest BCUT2D eigenvalue weighted by molar-refractivity contribution is 14.1. The van der Waals surface area contributed by atoms with Gasteiger partial charge in [0.25, 0.3) is 0 Å². The minimum atomic E-state index is 0.593. The van der Waals surface area contributed by atoms with Gasteiger partial charge in [-0.2, -0.15) is 5.10 Å². The van der Waals surface area contributed by atoms with Crippen molar-refractivity contribution >= 4 is 28.5 Å². The van der Waals surface area contributed by atoms with Crippen molar-refractivity contribution in [2.75, 3.05) is 0 Å². The normalized spacial score (nSPS) is 19.4. The molecular weight excluding hydrogens is 501 g/mol. The van der Waals surface area contributed by atoms with Gasteiger partial charge in [0.1, 0.15) is 17.8 Å². The lowest BCUT2D eigenvalue weighted by molar-refractivity contribution is 0.212. The van der Waals surface area contributed by atoms with Gasteiger partial charge in [0.05, 0.1) is 17.9 Å². The minimum absolute atomic E-state index is 0.593. The molecule has 5 rings (SSSR count). The summed E-state index contributed by atoms with van der Waals surface area (Å²) in [5, 5.41) is 4.29. The maximum Gasteiger partial charge on any atom is 0.155 e. The van der Waals surface area contributed by atoms with Crippen LogP contribution >= 0.6 is 22.9 Å². The lowest BCUT2D eigenvalue weighted by Gasteiger charge is -2.34. The average molecular weight is 527 g/mol. The molecule has 0 aliphatic heterocycles. The Hall–Kier alpha value is -2.33. The number of aryl methyl sites for hydroxylation is 1. The lowest BCUT2D eigenvalue weighted by atomic mass is 9.86. The van der Waals surface area contributed by atoms with Gasteiger partial charge in [-0.3, -0.25) is 4.98 Å². The summed E-state index contributed by atoms with van der Waals surface area (Å²) < 4.78 is 4.22. The molecule has 4 aromatic heterocycles. The Morgan fingerprint density at radius 3 is 2.87 bits per heavy atom. The first kappa shape index (κ1) is 20.6. The van der Waals surface area contributed by atoms with Crippen LogP contribution in [-0.2, 0) is 6.54 Å². The summed E-state index contributed by atoms with van der Waals surface area (Å²) in [5.41, 5.74) is 5.53. The van der Waals surface area contributed by atoms with E-state index in [9.17, 15) is 0 Å². The van der Waals surface area contributed by atoms with Crippen LogP contribution in [0.1, 0.15) is 44.1 Å². The Bertz CT molecular complexity index is 1200. The molecule has 1 fully saturated rings. The molecular formula is C23H26IN7. The molecule has 0 amide bonds. The molecule has 0 bridgehead atoms. The predicted molar refractivity (Wildman–Crippen MR) is 130 cm³/mol. The molecule has 7 nitrogen and oxygen atoms in total. The van der Waals surface area contributed by atoms with Gasteiger partial charge >= 0.3 is 0 Å². The van der Waals surface area contributed by atoms with Crippen LogP contribution < -0.4 is 0 Å². The summed E-state index contributed by atoms with van der Waals surface area (Å²) in [6.07, 6.45) is 8.79. The lowest BCUT2D eigenvalue weighted by Crippen LogP contribution is -2.35. The molecule has 4 heterocycles. The summed E-state index contributed by atoms with van der Waals surface area (Å²) in [5.74, 6) is 1.67. The van der Waals surface area contributed by atoms with E-state index in [4.69, 9.17) is 9.97 Å². The molecule has 0 saturated heterocycles. The molecule has 1 saturated carbocycles. The smallest absolute Gasteiger partial charge is 0.155 e. The highest BCUT2D eigenvalue weighted by Crippen LogP contribution is 2.33. The van der Waals surface area contributed by atoms with Gasteiger partial charge in [-0.1, -0.05) is 25.8 Å². The molecule has 1 aliphatic rings. The fraction of sp³-hybridized carbons (Fsp3) is 0.391. The van der Waals surface area contributed by atoms with Crippen LogP contribution in [0.5, 0.6) is 0 Å². The number of aromatic amines is 1. The first-order chi connectivity index (χ1) is 15.1. The fourth-order valence-corrected chi connectivity index (χ4v) is 5.66. The highest BCUT2D eigenvalue weighted by Gasteiger charge is 2.27. The number of aromatic nitrogens is 6. The molecule has 8 heteroatoms. The Kier molecular flexibility index (Phi) is 5.75. The van der Waals surface area contributed by atoms with E-state index in [1.165, 1.54) is 25.7 Å². The summed E-state index contributed by atoms with van der Waals surface area (Å²) in [7, 11) is 0. The van der Waals surface area contributed by atoms with Crippen LogP contribution in [0.15, 0.2) is 42.9 Å². The van der Waals surface area contributed by atoms with E-state index in [1.807, 2.05) is 37.4 Å². The number of hydrogen-bond donors (Lipinski definition) is 1. The van der Waals surface area contributed by atoms with E-state index in [1.54, 1.807) is 10.8 Å². The molecule has 0 radical (unpaired) electrons. The van der Waals surface area contributed by atoms with Gasteiger partial charge < -0.3 is 4.98 Å². The second-order valence-electron chi connectivity index (χ2n) is 8.44. The topological polar surface area (TPSA) is 75.0 Å². The van der Waals surface area contributed by atoms with Crippen molar-refractivity contribution in [2.24, 2.45) is 5.92 Å². The fourth-order valence-electron chi connectivity index (χ4n) is 4.50. The van der Waals surface area contributed by atoms with Crippen LogP contribution in [0.25, 0.3) is 28.3 Å². The van der Waals surface area contributed by atoms with Crippen LogP contribution in [0.2, 0.25) is 0 Å². The number of H-pyrrole nitrogens is 1. The van der Waals surface area contributed by atoms with Crippen LogP contribution in [0.4, 0.5) is 0 Å². The number of rotatable bonds is 5. The van der Waals surface area contributed by atoms with Crippen molar-refractivity contribution in [1.82, 2.24) is 32.7 Å². The zero-order valence-corrected chi connectivity index (χ0v) is 20.0.